The van der Waals surface area contributed by atoms with E-state index in [9.17, 15) is 4.79 Å². The third-order valence-electron chi connectivity index (χ3n) is 5.75. The molecule has 1 amide bonds. The quantitative estimate of drug-likeness (QED) is 0.809. The number of nitrogens with one attached hydrogen (secondary N) is 1. The maximum atomic E-state index is 12.9. The number of amides is 1. The van der Waals surface area contributed by atoms with Crippen LogP contribution in [0.4, 0.5) is 0 Å². The van der Waals surface area contributed by atoms with Crippen LogP contribution in [0.3, 0.4) is 0 Å². The molecule has 4 heteroatoms. The van der Waals surface area contributed by atoms with E-state index >= 15 is 0 Å². The molecule has 0 aromatic rings. The van der Waals surface area contributed by atoms with Gasteiger partial charge in [0.1, 0.15) is 0 Å². The van der Waals surface area contributed by atoms with Crippen molar-refractivity contribution in [3.8, 4) is 0 Å². The van der Waals surface area contributed by atoms with Gasteiger partial charge in [0.2, 0.25) is 5.91 Å². The van der Waals surface area contributed by atoms with Gasteiger partial charge < -0.3 is 15.0 Å². The standard InChI is InChI=1S/C16H30N2O2/c1-15(2)13(16(15,3)4)14(19)18(9-10-20-5)11-12-7-6-8-17-12/h12-13,17H,6-11H2,1-5H3. The van der Waals surface area contributed by atoms with Crippen LogP contribution in [0.1, 0.15) is 40.5 Å². The van der Waals surface area contributed by atoms with Crippen LogP contribution >= 0.6 is 0 Å². The molecule has 0 aromatic heterocycles. The highest BCUT2D eigenvalue weighted by Gasteiger charge is 2.68. The number of methoxy groups -OCH3 is 1. The van der Waals surface area contributed by atoms with Gasteiger partial charge in [-0.05, 0) is 30.2 Å². The van der Waals surface area contributed by atoms with Crippen molar-refractivity contribution in [3.63, 3.8) is 0 Å². The molecule has 2 rings (SSSR count). The molecule has 2 aliphatic rings. The minimum absolute atomic E-state index is 0.110. The summed E-state index contributed by atoms with van der Waals surface area (Å²) in [6.07, 6.45) is 2.39. The third-order valence-corrected chi connectivity index (χ3v) is 5.75. The Hall–Kier alpha value is -0.610. The minimum atomic E-state index is 0.110. The van der Waals surface area contributed by atoms with Crippen molar-refractivity contribution in [2.75, 3.05) is 33.4 Å². The first-order chi connectivity index (χ1) is 9.32. The lowest BCUT2D eigenvalue weighted by atomic mass is 10.0. The molecular weight excluding hydrogens is 252 g/mol. The molecule has 4 nitrogen and oxygen atoms in total. The molecule has 116 valence electrons. The molecule has 1 heterocycles. The van der Waals surface area contributed by atoms with Crippen molar-refractivity contribution in [2.45, 2.75) is 46.6 Å². The van der Waals surface area contributed by atoms with Crippen molar-refractivity contribution in [2.24, 2.45) is 16.7 Å². The second kappa shape index (κ2) is 5.64. The average molecular weight is 282 g/mol. The Morgan fingerprint density at radius 1 is 1.30 bits per heavy atom. The van der Waals surface area contributed by atoms with E-state index in [-0.39, 0.29) is 16.7 Å². The first kappa shape index (κ1) is 15.8. The highest BCUT2D eigenvalue weighted by atomic mass is 16.5. The molecule has 2 fully saturated rings. The van der Waals surface area contributed by atoms with E-state index in [2.05, 4.69) is 33.0 Å². The summed E-state index contributed by atoms with van der Waals surface area (Å²) < 4.78 is 5.18. The van der Waals surface area contributed by atoms with E-state index in [0.717, 1.165) is 13.1 Å². The number of nitrogens with zero attached hydrogens (tertiary/aromatic N) is 1. The van der Waals surface area contributed by atoms with Crippen molar-refractivity contribution >= 4 is 5.91 Å². The summed E-state index contributed by atoms with van der Waals surface area (Å²) in [4.78, 5) is 14.9. The fourth-order valence-electron chi connectivity index (χ4n) is 3.67. The molecule has 1 atom stereocenters. The summed E-state index contributed by atoms with van der Waals surface area (Å²) in [5.41, 5.74) is 0.219. The lowest BCUT2D eigenvalue weighted by Crippen LogP contribution is -2.44. The smallest absolute Gasteiger partial charge is 0.226 e. The summed E-state index contributed by atoms with van der Waals surface area (Å²) in [6.45, 7) is 12.1. The minimum Gasteiger partial charge on any atom is -0.383 e. The predicted molar refractivity (Wildman–Crippen MR) is 80.5 cm³/mol. The van der Waals surface area contributed by atoms with Crippen LogP contribution in [0.15, 0.2) is 0 Å². The summed E-state index contributed by atoms with van der Waals surface area (Å²) >= 11 is 0. The Morgan fingerprint density at radius 2 is 1.95 bits per heavy atom. The molecule has 1 aliphatic carbocycles. The maximum absolute atomic E-state index is 12.9. The molecule has 1 N–H and O–H groups in total. The van der Waals surface area contributed by atoms with Crippen molar-refractivity contribution in [1.29, 1.82) is 0 Å². The average Bonchev–Trinajstić information content (AvgIpc) is 2.77. The van der Waals surface area contributed by atoms with E-state index in [1.807, 2.05) is 4.90 Å². The lowest BCUT2D eigenvalue weighted by molar-refractivity contribution is -0.134. The van der Waals surface area contributed by atoms with Crippen LogP contribution in [-0.4, -0.2) is 50.2 Å². The molecule has 1 aliphatic heterocycles. The molecule has 0 bridgehead atoms. The molecule has 20 heavy (non-hydrogen) atoms. The van der Waals surface area contributed by atoms with E-state index in [1.165, 1.54) is 12.8 Å². The number of ether oxygens (including phenoxy) is 1. The second-order valence-electron chi connectivity index (χ2n) is 7.45. The first-order valence-corrected chi connectivity index (χ1v) is 7.83. The van der Waals surface area contributed by atoms with Gasteiger partial charge in [0.25, 0.3) is 0 Å². The largest absolute Gasteiger partial charge is 0.383 e. The van der Waals surface area contributed by atoms with Crippen molar-refractivity contribution in [3.05, 3.63) is 0 Å². The zero-order valence-corrected chi connectivity index (χ0v) is 13.7. The van der Waals surface area contributed by atoms with Crippen molar-refractivity contribution in [1.82, 2.24) is 10.2 Å². The van der Waals surface area contributed by atoms with Gasteiger partial charge in [-0.25, -0.2) is 0 Å². The molecule has 1 unspecified atom stereocenters. The molecule has 0 spiro atoms. The van der Waals surface area contributed by atoms with E-state index in [4.69, 9.17) is 4.74 Å². The fraction of sp³-hybridized carbons (Fsp3) is 0.938. The maximum Gasteiger partial charge on any atom is 0.226 e. The highest BCUT2D eigenvalue weighted by molar-refractivity contribution is 5.84. The molecule has 1 saturated heterocycles. The topological polar surface area (TPSA) is 41.6 Å². The van der Waals surface area contributed by atoms with E-state index in [1.54, 1.807) is 7.11 Å². The van der Waals surface area contributed by atoms with Crippen LogP contribution in [0, 0.1) is 16.7 Å². The number of hydrogen-bond donors (Lipinski definition) is 1. The number of carbonyl (C=O) groups is 1. The molecule has 0 radical (unpaired) electrons. The SMILES string of the molecule is COCCN(CC1CCCN1)C(=O)C1C(C)(C)C1(C)C. The van der Waals surface area contributed by atoms with Crippen LogP contribution < -0.4 is 5.32 Å². The lowest BCUT2D eigenvalue weighted by Gasteiger charge is -2.26. The highest BCUT2D eigenvalue weighted by Crippen LogP contribution is 2.68. The van der Waals surface area contributed by atoms with Gasteiger partial charge >= 0.3 is 0 Å². The van der Waals surface area contributed by atoms with Gasteiger partial charge in [-0.3, -0.25) is 4.79 Å². The monoisotopic (exact) mass is 282 g/mol. The third kappa shape index (κ3) is 2.73. The number of carbonyl (C=O) groups excluding carboxylic acids is 1. The van der Waals surface area contributed by atoms with Gasteiger partial charge in [0.15, 0.2) is 0 Å². The summed E-state index contributed by atoms with van der Waals surface area (Å²) in [5, 5.41) is 3.48. The molecular formula is C16H30N2O2. The van der Waals surface area contributed by atoms with Crippen LogP contribution in [0.2, 0.25) is 0 Å². The number of rotatable bonds is 6. The summed E-state index contributed by atoms with van der Waals surface area (Å²) in [5.74, 6) is 0.457. The van der Waals surface area contributed by atoms with Gasteiger partial charge in [-0.2, -0.15) is 0 Å². The normalized spacial score (nSPS) is 27.6. The van der Waals surface area contributed by atoms with Crippen LogP contribution in [0.5, 0.6) is 0 Å². The Morgan fingerprint density at radius 3 is 2.40 bits per heavy atom. The summed E-state index contributed by atoms with van der Waals surface area (Å²) in [7, 11) is 1.70. The summed E-state index contributed by atoms with van der Waals surface area (Å²) in [6, 6.07) is 0.459. The molecule has 1 saturated carbocycles. The van der Waals surface area contributed by atoms with Gasteiger partial charge in [-0.15, -0.1) is 0 Å². The van der Waals surface area contributed by atoms with E-state index < -0.39 is 0 Å². The van der Waals surface area contributed by atoms with Gasteiger partial charge in [0.05, 0.1) is 6.61 Å². The molecule has 0 aromatic carbocycles. The van der Waals surface area contributed by atoms with E-state index in [0.29, 0.717) is 25.1 Å². The Bertz CT molecular complexity index is 345. The zero-order valence-electron chi connectivity index (χ0n) is 13.7. The predicted octanol–water partition coefficient (Wildman–Crippen LogP) is 1.90. The first-order valence-electron chi connectivity index (χ1n) is 7.83. The Kier molecular flexibility index (Phi) is 4.45. The van der Waals surface area contributed by atoms with Crippen LogP contribution in [-0.2, 0) is 9.53 Å². The zero-order chi connectivity index (χ0) is 15.0. The fourth-order valence-corrected chi connectivity index (χ4v) is 3.67. The van der Waals surface area contributed by atoms with Gasteiger partial charge in [0, 0.05) is 32.2 Å². The second-order valence-corrected chi connectivity index (χ2v) is 7.45. The van der Waals surface area contributed by atoms with Gasteiger partial charge in [-0.1, -0.05) is 27.7 Å². The Labute approximate surface area is 123 Å². The Balaban J connectivity index is 2.00. The van der Waals surface area contributed by atoms with Crippen molar-refractivity contribution < 1.29 is 9.53 Å². The van der Waals surface area contributed by atoms with Crippen LogP contribution in [0.25, 0.3) is 0 Å². The number of hydrogen-bond acceptors (Lipinski definition) is 3.